The fourth-order valence-corrected chi connectivity index (χ4v) is 0.811. The molecule has 0 aromatic carbocycles. The molecule has 7 heteroatoms. The number of alkyl halides is 2. The Hall–Kier alpha value is -0.560. The fourth-order valence-electron chi connectivity index (χ4n) is 0.575. The van der Waals surface area contributed by atoms with Gasteiger partial charge >= 0.3 is 11.2 Å². The quantitative estimate of drug-likeness (QED) is 0.553. The van der Waals surface area contributed by atoms with Crippen molar-refractivity contribution >= 4 is 17.0 Å². The van der Waals surface area contributed by atoms with E-state index < -0.39 is 28.7 Å². The Labute approximate surface area is 89.3 Å². The first kappa shape index (κ1) is 14.4. The summed E-state index contributed by atoms with van der Waals surface area (Å²) in [4.78, 5) is 10.8. The summed E-state index contributed by atoms with van der Waals surface area (Å²) >= 11 is -3.61. The molecule has 15 heavy (non-hydrogen) atoms. The first-order chi connectivity index (χ1) is 6.54. The predicted molar refractivity (Wildman–Crippen MR) is 48.9 cm³/mol. The molecule has 0 radical (unpaired) electrons. The summed E-state index contributed by atoms with van der Waals surface area (Å²) in [6, 6.07) is 0. The highest BCUT2D eigenvalue weighted by Crippen LogP contribution is 2.23. The van der Waals surface area contributed by atoms with Crippen LogP contribution >= 0.6 is 0 Å². The van der Waals surface area contributed by atoms with Gasteiger partial charge in [0.15, 0.2) is 0 Å². The molecule has 4 nitrogen and oxygen atoms in total. The van der Waals surface area contributed by atoms with Crippen LogP contribution in [-0.4, -0.2) is 26.6 Å². The lowest BCUT2D eigenvalue weighted by Gasteiger charge is -2.21. The Morgan fingerprint density at radius 2 is 1.87 bits per heavy atom. The van der Waals surface area contributed by atoms with Gasteiger partial charge in [0, 0.05) is 11.1 Å². The molecule has 0 heterocycles. The van der Waals surface area contributed by atoms with Crippen molar-refractivity contribution in [3.63, 3.8) is 0 Å². The van der Waals surface area contributed by atoms with Crippen molar-refractivity contribution in [2.45, 2.75) is 32.4 Å². The van der Waals surface area contributed by atoms with E-state index in [0.29, 0.717) is 0 Å². The van der Waals surface area contributed by atoms with Crippen LogP contribution in [0.1, 0.15) is 27.2 Å². The van der Waals surface area contributed by atoms with Gasteiger partial charge in [-0.25, -0.2) is 0 Å². The van der Waals surface area contributed by atoms with Gasteiger partial charge < -0.3 is 9.29 Å². The van der Waals surface area contributed by atoms with Crippen LogP contribution in [0.15, 0.2) is 0 Å². The average Bonchev–Trinajstić information content (AvgIpc) is 1.98. The minimum Gasteiger partial charge on any atom is -0.768 e. The molecule has 0 aliphatic carbocycles. The van der Waals surface area contributed by atoms with Crippen LogP contribution in [0.4, 0.5) is 8.78 Å². The first-order valence-electron chi connectivity index (χ1n) is 4.17. The van der Waals surface area contributed by atoms with Crippen LogP contribution in [0.5, 0.6) is 0 Å². The summed E-state index contributed by atoms with van der Waals surface area (Å²) in [5.74, 6) is -1.22. The molecular weight excluding hydrogens is 230 g/mol. The van der Waals surface area contributed by atoms with E-state index in [4.69, 9.17) is 0 Å². The molecular formula is C8H13F2O4S-. The molecule has 90 valence electrons. The Morgan fingerprint density at radius 3 is 2.20 bits per heavy atom. The predicted octanol–water partition coefficient (Wildman–Crippen LogP) is 1.44. The zero-order chi connectivity index (χ0) is 12.3. The van der Waals surface area contributed by atoms with Gasteiger partial charge in [-0.1, -0.05) is 20.8 Å². The normalized spacial score (nSPS) is 14.8. The number of carbonyl (C=O) groups excluding carboxylic acids is 1. The second-order valence-electron chi connectivity index (χ2n) is 4.27. The molecule has 0 aromatic rings. The van der Waals surface area contributed by atoms with Gasteiger partial charge in [0.1, 0.15) is 6.42 Å². The van der Waals surface area contributed by atoms with Crippen LogP contribution in [0.3, 0.4) is 0 Å². The van der Waals surface area contributed by atoms with Crippen molar-refractivity contribution in [1.82, 2.24) is 0 Å². The van der Waals surface area contributed by atoms with E-state index >= 15 is 0 Å². The zero-order valence-electron chi connectivity index (χ0n) is 8.71. The maximum absolute atomic E-state index is 12.5. The van der Waals surface area contributed by atoms with Gasteiger partial charge in [0.2, 0.25) is 0 Å². The van der Waals surface area contributed by atoms with Gasteiger partial charge in [-0.05, 0) is 5.41 Å². The van der Waals surface area contributed by atoms with Crippen molar-refractivity contribution < 1.29 is 27.1 Å². The molecule has 0 saturated carbocycles. The number of esters is 1. The summed E-state index contributed by atoms with van der Waals surface area (Å²) in [6.45, 7) is 5.23. The molecule has 0 fully saturated rings. The van der Waals surface area contributed by atoms with Gasteiger partial charge in [-0.15, -0.1) is 0 Å². The lowest BCUT2D eigenvalue weighted by molar-refractivity contribution is -0.150. The van der Waals surface area contributed by atoms with E-state index in [2.05, 4.69) is 4.74 Å². The molecule has 1 atom stereocenters. The van der Waals surface area contributed by atoms with Crippen LogP contribution < -0.4 is 0 Å². The van der Waals surface area contributed by atoms with Crippen molar-refractivity contribution in [2.24, 2.45) is 5.41 Å². The highest BCUT2D eigenvalue weighted by Gasteiger charge is 2.35. The van der Waals surface area contributed by atoms with Gasteiger partial charge in [-0.2, -0.15) is 8.78 Å². The lowest BCUT2D eigenvalue weighted by Crippen LogP contribution is -2.29. The minimum absolute atomic E-state index is 0.0343. The maximum Gasteiger partial charge on any atom is 0.319 e. The molecule has 0 bridgehead atoms. The van der Waals surface area contributed by atoms with Gasteiger partial charge in [-0.3, -0.25) is 9.00 Å². The Morgan fingerprint density at radius 1 is 1.40 bits per heavy atom. The number of halogens is 2. The molecule has 0 N–H and O–H groups in total. The monoisotopic (exact) mass is 243 g/mol. The lowest BCUT2D eigenvalue weighted by atomic mass is 9.99. The first-order valence-corrected chi connectivity index (χ1v) is 5.25. The van der Waals surface area contributed by atoms with Crippen molar-refractivity contribution in [1.29, 1.82) is 0 Å². The highest BCUT2D eigenvalue weighted by molar-refractivity contribution is 7.80. The van der Waals surface area contributed by atoms with E-state index in [0.717, 1.165) is 0 Å². The van der Waals surface area contributed by atoms with E-state index in [1.165, 1.54) is 0 Å². The minimum atomic E-state index is -4.06. The summed E-state index contributed by atoms with van der Waals surface area (Å²) in [7, 11) is 0. The second kappa shape index (κ2) is 4.98. The van der Waals surface area contributed by atoms with Crippen LogP contribution in [-0.2, 0) is 20.6 Å². The highest BCUT2D eigenvalue weighted by atomic mass is 32.2. The van der Waals surface area contributed by atoms with Crippen molar-refractivity contribution in [2.75, 3.05) is 6.61 Å². The average molecular weight is 243 g/mol. The largest absolute Gasteiger partial charge is 0.768 e. The third-order valence-electron chi connectivity index (χ3n) is 1.26. The van der Waals surface area contributed by atoms with Crippen LogP contribution in [0, 0.1) is 5.41 Å². The number of carbonyl (C=O) groups is 1. The Bertz CT molecular complexity index is 260. The summed E-state index contributed by atoms with van der Waals surface area (Å²) < 4.78 is 49.5. The standard InChI is InChI=1S/C8H14F2O4S/c1-7(2,3)5-14-6(11)4-8(9,10)15(12)13/h4-5H2,1-3H3,(H,12,13)/p-1. The van der Waals surface area contributed by atoms with E-state index in [-0.39, 0.29) is 12.0 Å². The maximum atomic E-state index is 12.5. The summed E-state index contributed by atoms with van der Waals surface area (Å²) in [6.07, 6.45) is -1.45. The topological polar surface area (TPSA) is 66.4 Å². The molecule has 0 saturated heterocycles. The molecule has 0 rings (SSSR count). The summed E-state index contributed by atoms with van der Waals surface area (Å²) in [5.41, 5.74) is -0.346. The van der Waals surface area contributed by atoms with E-state index in [1.807, 2.05) is 0 Å². The molecule has 0 aliphatic heterocycles. The second-order valence-corrected chi connectivity index (χ2v) is 5.34. The number of rotatable bonds is 4. The van der Waals surface area contributed by atoms with Gasteiger partial charge in [0.05, 0.1) is 6.61 Å². The van der Waals surface area contributed by atoms with Crippen molar-refractivity contribution in [3.8, 4) is 0 Å². The zero-order valence-corrected chi connectivity index (χ0v) is 9.53. The molecule has 0 aromatic heterocycles. The third-order valence-corrected chi connectivity index (χ3v) is 1.89. The molecule has 1 unspecified atom stereocenters. The van der Waals surface area contributed by atoms with Crippen LogP contribution in [0.2, 0.25) is 0 Å². The molecule has 0 amide bonds. The van der Waals surface area contributed by atoms with Gasteiger partial charge in [0.25, 0.3) is 0 Å². The number of hydrogen-bond donors (Lipinski definition) is 0. The number of ether oxygens (including phenoxy) is 1. The Kier molecular flexibility index (Phi) is 4.79. The third kappa shape index (κ3) is 6.51. The van der Waals surface area contributed by atoms with E-state index in [9.17, 15) is 22.3 Å². The van der Waals surface area contributed by atoms with Crippen molar-refractivity contribution in [3.05, 3.63) is 0 Å². The molecule has 0 spiro atoms. The van der Waals surface area contributed by atoms with Crippen LogP contribution in [0.25, 0.3) is 0 Å². The Balaban J connectivity index is 4.11. The SMILES string of the molecule is CC(C)(C)COC(=O)CC(F)(F)S(=O)[O-]. The molecule has 0 aliphatic rings. The summed E-state index contributed by atoms with van der Waals surface area (Å²) in [5, 5.41) is -4.06. The fraction of sp³-hybridized carbons (Fsp3) is 0.875. The van der Waals surface area contributed by atoms with E-state index in [1.54, 1.807) is 20.8 Å². The number of hydrogen-bond acceptors (Lipinski definition) is 4. The smallest absolute Gasteiger partial charge is 0.319 e.